The summed E-state index contributed by atoms with van der Waals surface area (Å²) in [5.74, 6) is -1.31. The number of nitrogens with zero attached hydrogens (tertiary/aromatic N) is 4. The van der Waals surface area contributed by atoms with Gasteiger partial charge in [-0.25, -0.2) is 14.4 Å². The third-order valence-electron chi connectivity index (χ3n) is 5.07. The second kappa shape index (κ2) is 12.9. The molecule has 0 aliphatic rings. The topological polar surface area (TPSA) is 175 Å². The van der Waals surface area contributed by atoms with E-state index in [1.54, 1.807) is 48.7 Å². The minimum atomic E-state index is -0.486. The molecule has 0 aliphatic carbocycles. The van der Waals surface area contributed by atoms with Crippen molar-refractivity contribution in [1.29, 1.82) is 5.41 Å². The number of amides is 2. The Morgan fingerprint density at radius 3 is 2.42 bits per heavy atom. The standard InChI is InChI=1S/C24H26FN9O2/c1-15(17-4-6-18(7-5-17)22(27)33-34-31-11-10-26)32-24(36)21-12-20(29-14-30-21)23(35)28-13-16-2-8-19(25)9-3-16/h2-9,12,14-15H,10-11,13,26H2,1H3,(H,28,35)(H,32,36)(H2,27,31,33)/p+1/t15-/m0/s1. The molecule has 2 aromatic carbocycles. The van der Waals surface area contributed by atoms with Crippen LogP contribution in [0.15, 0.2) is 71.3 Å². The van der Waals surface area contributed by atoms with E-state index in [9.17, 15) is 14.0 Å². The van der Waals surface area contributed by atoms with E-state index < -0.39 is 11.8 Å². The molecule has 1 aromatic heterocycles. The van der Waals surface area contributed by atoms with Gasteiger partial charge < -0.3 is 16.4 Å². The number of carbonyl (C=O) groups excluding carboxylic acids is 2. The van der Waals surface area contributed by atoms with Gasteiger partial charge in [0, 0.05) is 29.9 Å². The van der Waals surface area contributed by atoms with Crippen LogP contribution in [-0.4, -0.2) is 40.7 Å². The lowest BCUT2D eigenvalue weighted by Gasteiger charge is -2.14. The Kier molecular flexibility index (Phi) is 9.37. The van der Waals surface area contributed by atoms with Gasteiger partial charge in [0.1, 0.15) is 30.1 Å². The van der Waals surface area contributed by atoms with Crippen LogP contribution in [0.5, 0.6) is 0 Å². The smallest absolute Gasteiger partial charge is 0.270 e. The second-order valence-corrected chi connectivity index (χ2v) is 7.74. The average molecular weight is 493 g/mol. The van der Waals surface area contributed by atoms with Crippen molar-refractivity contribution in [1.82, 2.24) is 20.6 Å². The lowest BCUT2D eigenvalue weighted by Crippen LogP contribution is -2.79. The number of nitrogens with one attached hydrogen (secondary N) is 3. The third kappa shape index (κ3) is 7.55. The summed E-state index contributed by atoms with van der Waals surface area (Å²) < 4.78 is 13.0. The van der Waals surface area contributed by atoms with E-state index >= 15 is 0 Å². The number of hydrogen-bond donors (Lipinski definition) is 5. The van der Waals surface area contributed by atoms with Crippen molar-refractivity contribution < 1.29 is 19.4 Å². The van der Waals surface area contributed by atoms with Crippen molar-refractivity contribution in [3.63, 3.8) is 0 Å². The van der Waals surface area contributed by atoms with Crippen LogP contribution in [0.4, 0.5) is 4.39 Å². The number of benzene rings is 2. The zero-order valence-corrected chi connectivity index (χ0v) is 19.6. The summed E-state index contributed by atoms with van der Waals surface area (Å²) in [5.41, 5.74) is 9.10. The predicted molar refractivity (Wildman–Crippen MR) is 129 cm³/mol. The zero-order valence-electron chi connectivity index (χ0n) is 19.6. The molecule has 0 radical (unpaired) electrons. The Labute approximate surface area is 206 Å². The Morgan fingerprint density at radius 2 is 1.75 bits per heavy atom. The van der Waals surface area contributed by atoms with E-state index in [-0.39, 0.29) is 35.6 Å². The number of amidine groups is 1. The van der Waals surface area contributed by atoms with Gasteiger partial charge in [0.05, 0.1) is 6.04 Å². The lowest BCUT2D eigenvalue weighted by molar-refractivity contribution is -0.665. The maximum Gasteiger partial charge on any atom is 0.270 e. The predicted octanol–water partition coefficient (Wildman–Crippen LogP) is 1.25. The summed E-state index contributed by atoms with van der Waals surface area (Å²) in [4.78, 5) is 33.1. The molecule has 0 saturated carbocycles. The minimum Gasteiger partial charge on any atom is -0.347 e. The van der Waals surface area contributed by atoms with E-state index in [0.29, 0.717) is 18.7 Å². The maximum atomic E-state index is 13.0. The second-order valence-electron chi connectivity index (χ2n) is 7.74. The van der Waals surface area contributed by atoms with E-state index in [0.717, 1.165) is 17.5 Å². The van der Waals surface area contributed by atoms with Crippen molar-refractivity contribution in [3.8, 4) is 0 Å². The normalized spacial score (nSPS) is 11.8. The van der Waals surface area contributed by atoms with Crippen LogP contribution in [0.3, 0.4) is 0 Å². The molecule has 3 rings (SSSR count). The number of quaternary nitrogens is 1. The van der Waals surface area contributed by atoms with Crippen LogP contribution < -0.4 is 21.8 Å². The minimum absolute atomic E-state index is 0.0118. The fourth-order valence-electron chi connectivity index (χ4n) is 3.05. The molecule has 0 bridgehead atoms. The Balaban J connectivity index is 1.57. The quantitative estimate of drug-likeness (QED) is 0.0713. The highest BCUT2D eigenvalue weighted by Crippen LogP contribution is 2.15. The first-order valence-corrected chi connectivity index (χ1v) is 11.1. The van der Waals surface area contributed by atoms with Gasteiger partial charge in [-0.3, -0.25) is 15.0 Å². The molecule has 186 valence electrons. The highest BCUT2D eigenvalue weighted by molar-refractivity contribution is 5.97. The Bertz CT molecular complexity index is 1230. The van der Waals surface area contributed by atoms with Crippen molar-refractivity contribution >= 4 is 17.6 Å². The average Bonchev–Trinajstić information content (AvgIpc) is 2.90. The van der Waals surface area contributed by atoms with Crippen LogP contribution in [0, 0.1) is 11.2 Å². The number of rotatable bonds is 10. The van der Waals surface area contributed by atoms with Crippen LogP contribution in [-0.2, 0) is 6.54 Å². The molecule has 0 fully saturated rings. The first kappa shape index (κ1) is 26.2. The summed E-state index contributed by atoms with van der Waals surface area (Å²) in [6, 6.07) is 13.7. The van der Waals surface area contributed by atoms with Gasteiger partial charge in [-0.15, -0.1) is 0 Å². The van der Waals surface area contributed by atoms with E-state index in [1.165, 1.54) is 18.2 Å². The molecule has 0 saturated heterocycles. The monoisotopic (exact) mass is 492 g/mol. The van der Waals surface area contributed by atoms with Crippen molar-refractivity contribution in [3.05, 3.63) is 94.8 Å². The summed E-state index contributed by atoms with van der Waals surface area (Å²) in [6.45, 7) is 3.03. The maximum absolute atomic E-state index is 13.0. The van der Waals surface area contributed by atoms with Gasteiger partial charge in [-0.2, -0.15) is 5.43 Å². The van der Waals surface area contributed by atoms with E-state index in [1.807, 2.05) is 0 Å². The molecule has 0 unspecified atom stereocenters. The number of hydrogen-bond acceptors (Lipinski definition) is 7. The SMILES string of the molecule is C[C@H](NC(=O)c1cc(C(=O)NCc2ccc(F)cc2)ncn1)c1ccc(C(=N)N=N[NH2+]CCN)cc1. The van der Waals surface area contributed by atoms with Crippen LogP contribution in [0.2, 0.25) is 0 Å². The van der Waals surface area contributed by atoms with E-state index in [2.05, 4.69) is 30.9 Å². The molecule has 0 aliphatic heterocycles. The Hall–Kier alpha value is -4.42. The summed E-state index contributed by atoms with van der Waals surface area (Å²) in [5, 5.41) is 21.1. The van der Waals surface area contributed by atoms with Gasteiger partial charge in [0.15, 0.2) is 5.84 Å². The van der Waals surface area contributed by atoms with E-state index in [4.69, 9.17) is 11.1 Å². The summed E-state index contributed by atoms with van der Waals surface area (Å²) in [7, 11) is 0. The van der Waals surface area contributed by atoms with Crippen LogP contribution >= 0.6 is 0 Å². The molecule has 1 atom stereocenters. The van der Waals surface area contributed by atoms with Crippen LogP contribution in [0.25, 0.3) is 0 Å². The number of nitrogens with two attached hydrogens (primary N) is 2. The highest BCUT2D eigenvalue weighted by Gasteiger charge is 2.16. The number of carbonyl (C=O) groups is 2. The first-order valence-electron chi connectivity index (χ1n) is 11.1. The van der Waals surface area contributed by atoms with Crippen molar-refractivity contribution in [2.45, 2.75) is 19.5 Å². The molecule has 0 spiro atoms. The lowest BCUT2D eigenvalue weighted by atomic mass is 10.1. The number of halogens is 1. The van der Waals surface area contributed by atoms with Crippen LogP contribution in [0.1, 0.15) is 50.6 Å². The van der Waals surface area contributed by atoms with Gasteiger partial charge in [-0.1, -0.05) is 41.5 Å². The fourth-order valence-corrected chi connectivity index (χ4v) is 3.05. The molecule has 12 heteroatoms. The molecule has 2 amide bonds. The highest BCUT2D eigenvalue weighted by atomic mass is 19.1. The van der Waals surface area contributed by atoms with Gasteiger partial charge in [-0.05, 0) is 30.2 Å². The van der Waals surface area contributed by atoms with Crippen molar-refractivity contribution in [2.75, 3.05) is 13.1 Å². The molecule has 7 N–H and O–H groups in total. The first-order chi connectivity index (χ1) is 17.4. The summed E-state index contributed by atoms with van der Waals surface area (Å²) >= 11 is 0. The van der Waals surface area contributed by atoms with Gasteiger partial charge in [0.2, 0.25) is 0 Å². The Morgan fingerprint density at radius 1 is 1.08 bits per heavy atom. The molecular formula is C24H27FN9O2+. The van der Waals surface area contributed by atoms with Gasteiger partial charge in [0.25, 0.3) is 11.8 Å². The zero-order chi connectivity index (χ0) is 25.9. The third-order valence-corrected chi connectivity index (χ3v) is 5.07. The summed E-state index contributed by atoms with van der Waals surface area (Å²) in [6.07, 6.45) is 1.15. The van der Waals surface area contributed by atoms with Gasteiger partial charge >= 0.3 is 0 Å². The molecular weight excluding hydrogens is 465 g/mol. The van der Waals surface area contributed by atoms with Crippen molar-refractivity contribution in [2.24, 2.45) is 16.1 Å². The molecule has 3 aromatic rings. The molecule has 1 heterocycles. The largest absolute Gasteiger partial charge is 0.347 e. The number of aromatic nitrogens is 2. The fraction of sp³-hybridized carbons (Fsp3) is 0.208. The molecule has 36 heavy (non-hydrogen) atoms. The molecule has 11 nitrogen and oxygen atoms in total.